The van der Waals surface area contributed by atoms with Crippen molar-refractivity contribution in [3.63, 3.8) is 0 Å². The Labute approximate surface area is 199 Å². The third-order valence-electron chi connectivity index (χ3n) is 4.75. The number of unbranched alkanes of at least 4 members (excludes halogenated alkanes) is 2. The third-order valence-corrected chi connectivity index (χ3v) is 4.75. The van der Waals surface area contributed by atoms with Crippen molar-refractivity contribution in [2.45, 2.75) is 39.5 Å². The molecular formula is C26H30O8. The van der Waals surface area contributed by atoms with Crippen molar-refractivity contribution < 1.29 is 38.1 Å². The summed E-state index contributed by atoms with van der Waals surface area (Å²) in [5, 5.41) is 0. The molecule has 2 aromatic rings. The number of benzene rings is 2. The summed E-state index contributed by atoms with van der Waals surface area (Å²) < 4.78 is 20.7. The van der Waals surface area contributed by atoms with Gasteiger partial charge in [0.2, 0.25) is 0 Å². The van der Waals surface area contributed by atoms with Crippen molar-refractivity contribution in [1.82, 2.24) is 0 Å². The van der Waals surface area contributed by atoms with E-state index in [1.807, 2.05) is 13.8 Å². The monoisotopic (exact) mass is 470 g/mol. The second kappa shape index (κ2) is 14.5. The summed E-state index contributed by atoms with van der Waals surface area (Å²) >= 11 is 0. The normalized spacial score (nSPS) is 10.3. The van der Waals surface area contributed by atoms with Gasteiger partial charge >= 0.3 is 23.9 Å². The second-order valence-corrected chi connectivity index (χ2v) is 7.34. The fourth-order valence-corrected chi connectivity index (χ4v) is 2.88. The molecule has 0 saturated carbocycles. The van der Waals surface area contributed by atoms with Crippen LogP contribution in [0.5, 0.6) is 0 Å². The Kier molecular flexibility index (Phi) is 11.3. The molecule has 182 valence electrons. The Bertz CT molecular complexity index is 903. The fraction of sp³-hybridized carbons (Fsp3) is 0.385. The lowest BCUT2D eigenvalue weighted by molar-refractivity contribution is 0.0259. The first-order valence-electron chi connectivity index (χ1n) is 11.4. The predicted molar refractivity (Wildman–Crippen MR) is 124 cm³/mol. The maximum absolute atomic E-state index is 12.5. The zero-order chi connectivity index (χ0) is 24.8. The van der Waals surface area contributed by atoms with E-state index in [4.69, 9.17) is 18.9 Å². The highest BCUT2D eigenvalue weighted by Crippen LogP contribution is 2.14. The maximum atomic E-state index is 12.5. The van der Waals surface area contributed by atoms with Gasteiger partial charge in [0.15, 0.2) is 0 Å². The maximum Gasteiger partial charge on any atom is 0.339 e. The van der Waals surface area contributed by atoms with Gasteiger partial charge < -0.3 is 18.9 Å². The minimum Gasteiger partial charge on any atom is -0.462 e. The van der Waals surface area contributed by atoms with E-state index >= 15 is 0 Å². The van der Waals surface area contributed by atoms with Crippen molar-refractivity contribution in [2.75, 3.05) is 26.4 Å². The van der Waals surface area contributed by atoms with Gasteiger partial charge in [0.25, 0.3) is 0 Å². The molecule has 0 amide bonds. The number of carbonyl (C=O) groups is 4. The zero-order valence-corrected chi connectivity index (χ0v) is 19.5. The van der Waals surface area contributed by atoms with Crippen molar-refractivity contribution in [3.05, 3.63) is 70.8 Å². The number of rotatable bonds is 13. The van der Waals surface area contributed by atoms with Crippen LogP contribution in [0.3, 0.4) is 0 Å². The lowest BCUT2D eigenvalue weighted by Crippen LogP contribution is -2.19. The summed E-state index contributed by atoms with van der Waals surface area (Å²) in [7, 11) is 0. The van der Waals surface area contributed by atoms with Gasteiger partial charge in [0.1, 0.15) is 13.2 Å². The third kappa shape index (κ3) is 8.03. The van der Waals surface area contributed by atoms with E-state index in [1.165, 1.54) is 24.3 Å². The largest absolute Gasteiger partial charge is 0.462 e. The molecule has 0 aliphatic rings. The lowest BCUT2D eigenvalue weighted by Gasteiger charge is -2.11. The molecule has 0 heterocycles. The molecule has 0 fully saturated rings. The molecule has 8 heteroatoms. The van der Waals surface area contributed by atoms with E-state index in [0.717, 1.165) is 25.7 Å². The quantitative estimate of drug-likeness (QED) is 0.237. The van der Waals surface area contributed by atoms with Crippen LogP contribution in [0.4, 0.5) is 0 Å². The van der Waals surface area contributed by atoms with Gasteiger partial charge in [-0.3, -0.25) is 0 Å². The first kappa shape index (κ1) is 26.6. The van der Waals surface area contributed by atoms with Crippen molar-refractivity contribution in [3.8, 4) is 0 Å². The average Bonchev–Trinajstić information content (AvgIpc) is 2.86. The molecule has 0 N–H and O–H groups in total. The van der Waals surface area contributed by atoms with Crippen molar-refractivity contribution >= 4 is 23.9 Å². The molecule has 0 aliphatic heterocycles. The molecule has 2 aromatic carbocycles. The van der Waals surface area contributed by atoms with E-state index in [9.17, 15) is 19.2 Å². The molecular weight excluding hydrogens is 440 g/mol. The molecule has 0 bridgehead atoms. The Morgan fingerprint density at radius 3 is 1.03 bits per heavy atom. The van der Waals surface area contributed by atoms with E-state index in [0.29, 0.717) is 0 Å². The van der Waals surface area contributed by atoms with Crippen LogP contribution in [0.25, 0.3) is 0 Å². The highest BCUT2D eigenvalue weighted by Gasteiger charge is 2.21. The minimum absolute atomic E-state index is 0.0653. The van der Waals surface area contributed by atoms with Gasteiger partial charge in [-0.25, -0.2) is 19.2 Å². The Hall–Kier alpha value is -3.68. The molecule has 0 atom stereocenters. The number of esters is 4. The Morgan fingerprint density at radius 2 is 0.765 bits per heavy atom. The lowest BCUT2D eigenvalue weighted by atomic mass is 10.1. The van der Waals surface area contributed by atoms with Crippen LogP contribution < -0.4 is 0 Å². The number of ether oxygens (including phenoxy) is 4. The van der Waals surface area contributed by atoms with Crippen LogP contribution in [-0.4, -0.2) is 50.3 Å². The summed E-state index contributed by atoms with van der Waals surface area (Å²) in [5.41, 5.74) is 0.346. The molecule has 8 nitrogen and oxygen atoms in total. The SMILES string of the molecule is CCCCOC(=O)c1ccccc1C(=O)OCCOC(=O)c1ccccc1C(=O)OCCCC. The zero-order valence-electron chi connectivity index (χ0n) is 19.5. The van der Waals surface area contributed by atoms with Crippen LogP contribution in [-0.2, 0) is 18.9 Å². The average molecular weight is 471 g/mol. The van der Waals surface area contributed by atoms with Gasteiger partial charge in [-0.2, -0.15) is 0 Å². The molecule has 0 aliphatic carbocycles. The van der Waals surface area contributed by atoms with Gasteiger partial charge in [-0.05, 0) is 37.1 Å². The van der Waals surface area contributed by atoms with Crippen LogP contribution in [0.15, 0.2) is 48.5 Å². The molecule has 0 saturated heterocycles. The summed E-state index contributed by atoms with van der Waals surface area (Å²) in [6.07, 6.45) is 3.20. The van der Waals surface area contributed by atoms with E-state index in [2.05, 4.69) is 0 Å². The van der Waals surface area contributed by atoms with Crippen LogP contribution in [0, 0.1) is 0 Å². The van der Waals surface area contributed by atoms with E-state index in [-0.39, 0.29) is 48.7 Å². The highest BCUT2D eigenvalue weighted by molar-refractivity contribution is 6.04. The number of carbonyl (C=O) groups excluding carboxylic acids is 4. The van der Waals surface area contributed by atoms with Crippen molar-refractivity contribution in [1.29, 1.82) is 0 Å². The van der Waals surface area contributed by atoms with Gasteiger partial charge in [0, 0.05) is 0 Å². The molecule has 0 spiro atoms. The molecule has 0 radical (unpaired) electrons. The molecule has 34 heavy (non-hydrogen) atoms. The van der Waals surface area contributed by atoms with Crippen LogP contribution in [0.2, 0.25) is 0 Å². The molecule has 0 aromatic heterocycles. The standard InChI is InChI=1S/C26H30O8/c1-3-5-15-31-23(27)19-11-7-9-13-21(19)25(29)33-17-18-34-26(30)22-14-10-8-12-20(22)24(28)32-16-6-4-2/h7-14H,3-6,15-18H2,1-2H3. The molecule has 2 rings (SSSR count). The van der Waals surface area contributed by atoms with Crippen molar-refractivity contribution in [2.24, 2.45) is 0 Å². The minimum atomic E-state index is -0.737. The smallest absolute Gasteiger partial charge is 0.339 e. The summed E-state index contributed by atoms with van der Waals surface area (Å²) in [5.74, 6) is -2.68. The summed E-state index contributed by atoms with van der Waals surface area (Å²) in [6, 6.07) is 12.4. The second-order valence-electron chi connectivity index (χ2n) is 7.34. The Balaban J connectivity index is 1.90. The van der Waals surface area contributed by atoms with Crippen LogP contribution >= 0.6 is 0 Å². The summed E-state index contributed by atoms with van der Waals surface area (Å²) in [4.78, 5) is 49.4. The number of hydrogen-bond donors (Lipinski definition) is 0. The fourth-order valence-electron chi connectivity index (χ4n) is 2.88. The van der Waals surface area contributed by atoms with Gasteiger partial charge in [-0.15, -0.1) is 0 Å². The molecule has 0 unspecified atom stereocenters. The number of hydrogen-bond acceptors (Lipinski definition) is 8. The van der Waals surface area contributed by atoms with Gasteiger partial charge in [-0.1, -0.05) is 51.0 Å². The highest BCUT2D eigenvalue weighted by atomic mass is 16.6. The summed E-state index contributed by atoms with van der Waals surface area (Å²) in [6.45, 7) is 4.03. The van der Waals surface area contributed by atoms with Gasteiger partial charge in [0.05, 0.1) is 35.5 Å². The topological polar surface area (TPSA) is 105 Å². The van der Waals surface area contributed by atoms with E-state index in [1.54, 1.807) is 24.3 Å². The van der Waals surface area contributed by atoms with E-state index < -0.39 is 23.9 Å². The Morgan fingerprint density at radius 1 is 0.500 bits per heavy atom. The first-order valence-corrected chi connectivity index (χ1v) is 11.4. The van der Waals surface area contributed by atoms with Crippen LogP contribution in [0.1, 0.15) is 81.0 Å². The predicted octanol–water partition coefficient (Wildman–Crippen LogP) is 4.61. The first-order chi connectivity index (χ1) is 16.5.